The Morgan fingerprint density at radius 1 is 1.12 bits per heavy atom. The van der Waals surface area contributed by atoms with Crippen LogP contribution in [0.15, 0.2) is 30.3 Å². The maximum Gasteiger partial charge on any atom is 0.306 e. The second-order valence-corrected chi connectivity index (χ2v) is 6.75. The Bertz CT molecular complexity index is 739. The van der Waals surface area contributed by atoms with Gasteiger partial charge < -0.3 is 14.9 Å². The maximum atomic E-state index is 10.6. The Hall–Kier alpha value is -2.49. The van der Waals surface area contributed by atoms with Crippen molar-refractivity contribution in [3.05, 3.63) is 58.1 Å². The number of ether oxygens (including phenoxy) is 1. The van der Waals surface area contributed by atoms with Gasteiger partial charge in [0.2, 0.25) is 0 Å². The SMILES string of the molecule is Cc1cc(OCCC(=O)O)cc(C)c1Cc1ccc(O)c(C(C)C)c1. The third-order valence-electron chi connectivity index (χ3n) is 4.35. The normalized spacial score (nSPS) is 10.9. The van der Waals surface area contributed by atoms with Crippen molar-refractivity contribution >= 4 is 5.97 Å². The number of carboxylic acids is 1. The zero-order valence-corrected chi connectivity index (χ0v) is 15.3. The summed E-state index contributed by atoms with van der Waals surface area (Å²) in [4.78, 5) is 10.6. The lowest BCUT2D eigenvalue weighted by atomic mass is 9.93. The minimum absolute atomic E-state index is 0.00860. The van der Waals surface area contributed by atoms with Gasteiger partial charge in [0.25, 0.3) is 0 Å². The van der Waals surface area contributed by atoms with E-state index in [1.165, 1.54) is 5.56 Å². The number of phenolic OH excluding ortho intramolecular Hbond substituents is 1. The number of rotatable bonds is 7. The first-order valence-electron chi connectivity index (χ1n) is 8.54. The van der Waals surface area contributed by atoms with Gasteiger partial charge in [0.15, 0.2) is 0 Å². The summed E-state index contributed by atoms with van der Waals surface area (Å²) >= 11 is 0. The van der Waals surface area contributed by atoms with Gasteiger partial charge in [-0.25, -0.2) is 0 Å². The molecule has 0 amide bonds. The van der Waals surface area contributed by atoms with E-state index in [0.29, 0.717) is 11.5 Å². The van der Waals surface area contributed by atoms with E-state index in [4.69, 9.17) is 9.84 Å². The molecule has 2 aromatic rings. The third kappa shape index (κ3) is 4.99. The van der Waals surface area contributed by atoms with Gasteiger partial charge in [-0.15, -0.1) is 0 Å². The van der Waals surface area contributed by atoms with E-state index < -0.39 is 5.97 Å². The van der Waals surface area contributed by atoms with E-state index in [1.54, 1.807) is 6.07 Å². The highest BCUT2D eigenvalue weighted by Crippen LogP contribution is 2.29. The summed E-state index contributed by atoms with van der Waals surface area (Å²) in [6.45, 7) is 8.38. The topological polar surface area (TPSA) is 66.8 Å². The van der Waals surface area contributed by atoms with Gasteiger partial charge >= 0.3 is 5.97 Å². The van der Waals surface area contributed by atoms with Crippen LogP contribution in [0, 0.1) is 13.8 Å². The van der Waals surface area contributed by atoms with Crippen molar-refractivity contribution in [2.75, 3.05) is 6.61 Å². The molecule has 0 aliphatic rings. The molecule has 0 saturated carbocycles. The number of hydrogen-bond donors (Lipinski definition) is 2. The predicted octanol–water partition coefficient (Wildman–Crippen LogP) is 4.58. The van der Waals surface area contributed by atoms with Gasteiger partial charge in [0.05, 0.1) is 13.0 Å². The van der Waals surface area contributed by atoms with E-state index >= 15 is 0 Å². The quantitative estimate of drug-likeness (QED) is 0.773. The molecule has 2 N–H and O–H groups in total. The fourth-order valence-corrected chi connectivity index (χ4v) is 2.95. The van der Waals surface area contributed by atoms with Gasteiger partial charge in [-0.05, 0) is 72.2 Å². The largest absolute Gasteiger partial charge is 0.508 e. The molecule has 25 heavy (non-hydrogen) atoms. The first kappa shape index (κ1) is 18.8. The van der Waals surface area contributed by atoms with Gasteiger partial charge in [-0.2, -0.15) is 0 Å². The van der Waals surface area contributed by atoms with Crippen molar-refractivity contribution in [3.63, 3.8) is 0 Å². The average Bonchev–Trinajstić information content (AvgIpc) is 2.51. The standard InChI is InChI=1S/C21H26O4/c1-13(2)18-11-16(5-6-20(18)22)12-19-14(3)9-17(10-15(19)4)25-8-7-21(23)24/h5-6,9-11,13,22H,7-8,12H2,1-4H3,(H,23,24). The summed E-state index contributed by atoms with van der Waals surface area (Å²) in [5.41, 5.74) is 5.58. The van der Waals surface area contributed by atoms with E-state index in [9.17, 15) is 9.90 Å². The minimum Gasteiger partial charge on any atom is -0.508 e. The number of phenols is 1. The molecule has 0 bridgehead atoms. The Morgan fingerprint density at radius 3 is 2.32 bits per heavy atom. The van der Waals surface area contributed by atoms with Gasteiger partial charge in [-0.3, -0.25) is 4.79 Å². The highest BCUT2D eigenvalue weighted by atomic mass is 16.5. The lowest BCUT2D eigenvalue weighted by molar-refractivity contribution is -0.137. The molecule has 2 aromatic carbocycles. The highest BCUT2D eigenvalue weighted by Gasteiger charge is 2.11. The molecule has 0 aliphatic carbocycles. The van der Waals surface area contributed by atoms with Crippen LogP contribution in [0.3, 0.4) is 0 Å². The number of aryl methyl sites for hydroxylation is 2. The second-order valence-electron chi connectivity index (χ2n) is 6.75. The summed E-state index contributed by atoms with van der Waals surface area (Å²) in [7, 11) is 0. The highest BCUT2D eigenvalue weighted by molar-refractivity contribution is 5.66. The molecule has 0 heterocycles. The van der Waals surface area contributed by atoms with Crippen molar-refractivity contribution in [1.82, 2.24) is 0 Å². The molecule has 4 heteroatoms. The number of aliphatic carboxylic acids is 1. The van der Waals surface area contributed by atoms with Gasteiger partial charge in [0, 0.05) is 0 Å². The zero-order chi connectivity index (χ0) is 18.6. The lowest BCUT2D eigenvalue weighted by Gasteiger charge is -2.15. The molecular weight excluding hydrogens is 316 g/mol. The van der Waals surface area contributed by atoms with Crippen LogP contribution in [0.2, 0.25) is 0 Å². The fraction of sp³-hybridized carbons (Fsp3) is 0.381. The Labute approximate surface area is 149 Å². The first-order valence-corrected chi connectivity index (χ1v) is 8.54. The predicted molar refractivity (Wildman–Crippen MR) is 98.7 cm³/mol. The van der Waals surface area contributed by atoms with E-state index in [0.717, 1.165) is 28.7 Å². The fourth-order valence-electron chi connectivity index (χ4n) is 2.95. The summed E-state index contributed by atoms with van der Waals surface area (Å²) in [6.07, 6.45) is 0.776. The average molecular weight is 342 g/mol. The Kier molecular flexibility index (Phi) is 6.07. The molecule has 0 aromatic heterocycles. The molecule has 0 unspecified atom stereocenters. The van der Waals surface area contributed by atoms with Crippen molar-refractivity contribution in [2.45, 2.75) is 46.5 Å². The van der Waals surface area contributed by atoms with Crippen LogP contribution in [0.25, 0.3) is 0 Å². The summed E-state index contributed by atoms with van der Waals surface area (Å²) in [5, 5.41) is 18.7. The third-order valence-corrected chi connectivity index (χ3v) is 4.35. The van der Waals surface area contributed by atoms with Crippen molar-refractivity contribution < 1.29 is 19.7 Å². The molecule has 2 rings (SSSR count). The molecule has 0 atom stereocenters. The van der Waals surface area contributed by atoms with Crippen LogP contribution < -0.4 is 4.74 Å². The molecule has 4 nitrogen and oxygen atoms in total. The summed E-state index contributed by atoms with van der Waals surface area (Å²) < 4.78 is 5.54. The monoisotopic (exact) mass is 342 g/mol. The minimum atomic E-state index is -0.863. The van der Waals surface area contributed by atoms with Crippen molar-refractivity contribution in [2.24, 2.45) is 0 Å². The molecule has 0 saturated heterocycles. The van der Waals surface area contributed by atoms with Crippen LogP contribution in [0.4, 0.5) is 0 Å². The van der Waals surface area contributed by atoms with Crippen LogP contribution in [0.5, 0.6) is 11.5 Å². The first-order chi connectivity index (χ1) is 11.8. The van der Waals surface area contributed by atoms with Crippen LogP contribution in [-0.4, -0.2) is 22.8 Å². The van der Waals surface area contributed by atoms with Crippen LogP contribution >= 0.6 is 0 Å². The summed E-state index contributed by atoms with van der Waals surface area (Å²) in [6, 6.07) is 9.69. The number of aromatic hydroxyl groups is 1. The lowest BCUT2D eigenvalue weighted by Crippen LogP contribution is -2.06. The molecule has 0 spiro atoms. The second kappa shape index (κ2) is 8.06. The summed E-state index contributed by atoms with van der Waals surface area (Å²) in [5.74, 6) is 0.452. The molecular formula is C21H26O4. The zero-order valence-electron chi connectivity index (χ0n) is 15.3. The van der Waals surface area contributed by atoms with E-state index in [2.05, 4.69) is 19.9 Å². The maximum absolute atomic E-state index is 10.6. The molecule has 0 fully saturated rings. The number of hydrogen-bond acceptors (Lipinski definition) is 3. The number of benzene rings is 2. The molecule has 0 radical (unpaired) electrons. The smallest absolute Gasteiger partial charge is 0.306 e. The van der Waals surface area contributed by atoms with Gasteiger partial charge in [0.1, 0.15) is 11.5 Å². The van der Waals surface area contributed by atoms with Crippen LogP contribution in [0.1, 0.15) is 54.0 Å². The van der Waals surface area contributed by atoms with Gasteiger partial charge in [-0.1, -0.05) is 26.0 Å². The Morgan fingerprint density at radius 2 is 1.76 bits per heavy atom. The molecule has 0 aliphatic heterocycles. The van der Waals surface area contributed by atoms with E-state index in [-0.39, 0.29) is 18.9 Å². The van der Waals surface area contributed by atoms with Crippen molar-refractivity contribution in [3.8, 4) is 11.5 Å². The number of carbonyl (C=O) groups is 1. The van der Waals surface area contributed by atoms with Crippen molar-refractivity contribution in [1.29, 1.82) is 0 Å². The number of carboxylic acid groups (broad SMARTS) is 1. The Balaban J connectivity index is 2.20. The van der Waals surface area contributed by atoms with Crippen LogP contribution in [-0.2, 0) is 11.2 Å². The molecule has 134 valence electrons. The van der Waals surface area contributed by atoms with E-state index in [1.807, 2.05) is 32.0 Å².